The molecule has 9 nitrogen and oxygen atoms in total. The number of sulfonamides is 1. The third-order valence-electron chi connectivity index (χ3n) is 7.89. The van der Waals surface area contributed by atoms with Gasteiger partial charge in [-0.05, 0) is 41.5 Å². The van der Waals surface area contributed by atoms with Crippen LogP contribution in [-0.4, -0.2) is 78.2 Å². The van der Waals surface area contributed by atoms with Crippen LogP contribution < -0.4 is 18.5 Å². The van der Waals surface area contributed by atoms with Crippen LogP contribution >= 0.6 is 11.6 Å². The lowest BCUT2D eigenvalue weighted by Gasteiger charge is -2.40. The molecule has 5 rings (SSSR count). The summed E-state index contributed by atoms with van der Waals surface area (Å²) in [6, 6.07) is 29.6. The fourth-order valence-electron chi connectivity index (χ4n) is 5.60. The summed E-state index contributed by atoms with van der Waals surface area (Å²) in [7, 11) is 0.0392. The zero-order chi connectivity index (χ0) is 32.0. The average molecular weight is 650 g/mol. The summed E-state index contributed by atoms with van der Waals surface area (Å²) in [6.45, 7) is 1.65. The second kappa shape index (κ2) is 14.2. The Bertz CT molecular complexity index is 1680. The van der Waals surface area contributed by atoms with Crippen LogP contribution in [0.1, 0.15) is 17.2 Å². The standard InChI is InChI=1S/C34H36ClN3O6S/c1-42-30-16-14-27(35)22-29(30)38(45(40,41)28-15-17-31(43-2)32(23-28)44-3)24-33(39)36-18-20-37(21-19-36)34(25-10-6-4-7-11-25)26-12-8-5-9-13-26/h4-17,22-23,34H,18-21,24H2,1-3H3. The third-order valence-corrected chi connectivity index (χ3v) is 9.89. The minimum Gasteiger partial charge on any atom is -0.495 e. The van der Waals surface area contributed by atoms with Gasteiger partial charge in [-0.25, -0.2) is 8.42 Å². The number of methoxy groups -OCH3 is 3. The molecule has 0 radical (unpaired) electrons. The molecule has 1 aliphatic rings. The molecule has 0 aromatic heterocycles. The number of halogens is 1. The summed E-state index contributed by atoms with van der Waals surface area (Å²) < 4.78 is 45.6. The molecule has 1 fully saturated rings. The van der Waals surface area contributed by atoms with Gasteiger partial charge in [0.2, 0.25) is 5.91 Å². The zero-order valence-corrected chi connectivity index (χ0v) is 27.0. The first-order valence-corrected chi connectivity index (χ1v) is 16.3. The van der Waals surface area contributed by atoms with E-state index in [9.17, 15) is 13.2 Å². The number of ether oxygens (including phenoxy) is 3. The molecule has 1 saturated heterocycles. The highest BCUT2D eigenvalue weighted by atomic mass is 35.5. The van der Waals surface area contributed by atoms with Gasteiger partial charge in [-0.15, -0.1) is 0 Å². The van der Waals surface area contributed by atoms with Crippen molar-refractivity contribution in [3.63, 3.8) is 0 Å². The van der Waals surface area contributed by atoms with Gasteiger partial charge in [-0.2, -0.15) is 0 Å². The van der Waals surface area contributed by atoms with Crippen LogP contribution in [0.2, 0.25) is 5.02 Å². The van der Waals surface area contributed by atoms with Gasteiger partial charge in [0, 0.05) is 37.3 Å². The first kappa shape index (κ1) is 32.2. The molecule has 11 heteroatoms. The quantitative estimate of drug-likeness (QED) is 0.212. The second-order valence-electron chi connectivity index (χ2n) is 10.5. The predicted octanol–water partition coefficient (Wildman–Crippen LogP) is 5.49. The summed E-state index contributed by atoms with van der Waals surface area (Å²) in [5.74, 6) is 0.540. The molecule has 0 atom stereocenters. The topological polar surface area (TPSA) is 88.6 Å². The smallest absolute Gasteiger partial charge is 0.265 e. The first-order valence-electron chi connectivity index (χ1n) is 14.5. The summed E-state index contributed by atoms with van der Waals surface area (Å²) in [5, 5.41) is 0.298. The van der Waals surface area contributed by atoms with Crippen molar-refractivity contribution >= 4 is 33.2 Å². The molecule has 0 unspecified atom stereocenters. The van der Waals surface area contributed by atoms with E-state index < -0.39 is 16.6 Å². The Morgan fingerprint density at radius 2 is 1.31 bits per heavy atom. The number of nitrogens with zero attached hydrogens (tertiary/aromatic N) is 3. The lowest BCUT2D eigenvalue weighted by atomic mass is 9.96. The van der Waals surface area contributed by atoms with Gasteiger partial charge in [0.1, 0.15) is 12.3 Å². The fraction of sp³-hybridized carbons (Fsp3) is 0.265. The van der Waals surface area contributed by atoms with Crippen LogP contribution in [0, 0.1) is 0 Å². The van der Waals surface area contributed by atoms with Crippen molar-refractivity contribution in [1.29, 1.82) is 0 Å². The largest absolute Gasteiger partial charge is 0.495 e. The molecular weight excluding hydrogens is 614 g/mol. The summed E-state index contributed by atoms with van der Waals surface area (Å²) in [5.41, 5.74) is 2.49. The van der Waals surface area contributed by atoms with Gasteiger partial charge in [0.25, 0.3) is 10.0 Å². The molecule has 4 aromatic rings. The molecule has 0 bridgehead atoms. The Balaban J connectivity index is 1.42. The van der Waals surface area contributed by atoms with E-state index in [1.807, 2.05) is 36.4 Å². The maximum atomic E-state index is 14.2. The van der Waals surface area contributed by atoms with Gasteiger partial charge in [0.15, 0.2) is 11.5 Å². The molecule has 4 aromatic carbocycles. The normalized spacial score (nSPS) is 13.8. The number of carbonyl (C=O) groups is 1. The van der Waals surface area contributed by atoms with E-state index >= 15 is 0 Å². The Morgan fingerprint density at radius 1 is 0.756 bits per heavy atom. The van der Waals surface area contributed by atoms with Crippen molar-refractivity contribution in [3.8, 4) is 17.2 Å². The van der Waals surface area contributed by atoms with Crippen molar-refractivity contribution in [2.75, 3.05) is 58.4 Å². The van der Waals surface area contributed by atoms with Crippen LogP contribution in [0.3, 0.4) is 0 Å². The van der Waals surface area contributed by atoms with Crippen molar-refractivity contribution < 1.29 is 27.4 Å². The summed E-state index contributed by atoms with van der Waals surface area (Å²) in [6.07, 6.45) is 0. The average Bonchev–Trinajstić information content (AvgIpc) is 3.08. The highest BCUT2D eigenvalue weighted by molar-refractivity contribution is 7.92. The molecule has 1 aliphatic heterocycles. The maximum Gasteiger partial charge on any atom is 0.265 e. The SMILES string of the molecule is COc1ccc(S(=O)(=O)N(CC(=O)N2CCN(C(c3ccccc3)c3ccccc3)CC2)c2cc(Cl)ccc2OC)cc1OC. The molecular formula is C34H36ClN3O6S. The summed E-state index contributed by atoms with van der Waals surface area (Å²) in [4.78, 5) is 17.9. The van der Waals surface area contributed by atoms with Crippen LogP contribution in [0.4, 0.5) is 5.69 Å². The third kappa shape index (κ3) is 7.03. The molecule has 236 valence electrons. The number of amides is 1. The van der Waals surface area contributed by atoms with Crippen LogP contribution in [0.5, 0.6) is 17.2 Å². The molecule has 1 amide bonds. The van der Waals surface area contributed by atoms with Crippen molar-refractivity contribution in [2.24, 2.45) is 0 Å². The lowest BCUT2D eigenvalue weighted by Crippen LogP contribution is -2.52. The number of carbonyl (C=O) groups excluding carboxylic acids is 1. The summed E-state index contributed by atoms with van der Waals surface area (Å²) >= 11 is 6.32. The number of benzene rings is 4. The Kier molecular flexibility index (Phi) is 10.2. The van der Waals surface area contributed by atoms with Gasteiger partial charge in [-0.1, -0.05) is 72.3 Å². The monoisotopic (exact) mass is 649 g/mol. The molecule has 0 spiro atoms. The number of hydrogen-bond donors (Lipinski definition) is 0. The number of piperazine rings is 1. The van der Waals surface area contributed by atoms with Gasteiger partial charge in [0.05, 0.1) is 38.0 Å². The highest BCUT2D eigenvalue weighted by Crippen LogP contribution is 2.37. The fourth-order valence-corrected chi connectivity index (χ4v) is 7.20. The number of rotatable bonds is 11. The minimum atomic E-state index is -4.29. The van der Waals surface area contributed by atoms with Crippen LogP contribution in [0.25, 0.3) is 0 Å². The molecule has 0 aliphatic carbocycles. The first-order chi connectivity index (χ1) is 21.8. The van der Waals surface area contributed by atoms with Gasteiger partial charge in [-0.3, -0.25) is 14.0 Å². The molecule has 45 heavy (non-hydrogen) atoms. The second-order valence-corrected chi connectivity index (χ2v) is 12.8. The van der Waals surface area contributed by atoms with E-state index in [0.29, 0.717) is 37.0 Å². The van der Waals surface area contributed by atoms with E-state index in [-0.39, 0.29) is 34.0 Å². The Morgan fingerprint density at radius 3 is 1.87 bits per heavy atom. The van der Waals surface area contributed by atoms with E-state index in [2.05, 4.69) is 29.2 Å². The lowest BCUT2D eigenvalue weighted by molar-refractivity contribution is -0.131. The number of anilines is 1. The van der Waals surface area contributed by atoms with Crippen molar-refractivity contribution in [2.45, 2.75) is 10.9 Å². The highest BCUT2D eigenvalue weighted by Gasteiger charge is 2.34. The van der Waals surface area contributed by atoms with Crippen LogP contribution in [0.15, 0.2) is 102 Å². The van der Waals surface area contributed by atoms with E-state index in [1.165, 1.54) is 56.7 Å². The zero-order valence-electron chi connectivity index (χ0n) is 25.4. The number of hydrogen-bond acceptors (Lipinski definition) is 7. The van der Waals surface area contributed by atoms with Crippen LogP contribution in [-0.2, 0) is 14.8 Å². The van der Waals surface area contributed by atoms with Crippen molar-refractivity contribution in [3.05, 3.63) is 113 Å². The van der Waals surface area contributed by atoms with E-state index in [1.54, 1.807) is 17.0 Å². The Labute approximate surface area is 269 Å². The Hall–Kier alpha value is -4.25. The van der Waals surface area contributed by atoms with Gasteiger partial charge < -0.3 is 19.1 Å². The minimum absolute atomic E-state index is 0.0299. The predicted molar refractivity (Wildman–Crippen MR) is 175 cm³/mol. The molecule has 1 heterocycles. The molecule has 0 saturated carbocycles. The maximum absolute atomic E-state index is 14.2. The van der Waals surface area contributed by atoms with Gasteiger partial charge >= 0.3 is 0 Å². The molecule has 0 N–H and O–H groups in total. The van der Waals surface area contributed by atoms with Crippen molar-refractivity contribution in [1.82, 2.24) is 9.80 Å². The van der Waals surface area contributed by atoms with E-state index in [0.717, 1.165) is 4.31 Å². The van der Waals surface area contributed by atoms with E-state index in [4.69, 9.17) is 25.8 Å².